The zero-order chi connectivity index (χ0) is 20.1. The van der Waals surface area contributed by atoms with Gasteiger partial charge in [0, 0.05) is 29.3 Å². The van der Waals surface area contributed by atoms with Gasteiger partial charge in [0.15, 0.2) is 11.6 Å². The molecular formula is C21H18N6O2. The van der Waals surface area contributed by atoms with Crippen LogP contribution in [0.2, 0.25) is 0 Å². The lowest BCUT2D eigenvalue weighted by Crippen LogP contribution is -2.11. The van der Waals surface area contributed by atoms with Gasteiger partial charge < -0.3 is 15.4 Å². The molecule has 2 N–H and O–H groups in total. The Morgan fingerprint density at radius 3 is 2.31 bits per heavy atom. The first kappa shape index (κ1) is 18.2. The first-order chi connectivity index (χ1) is 14.2. The summed E-state index contributed by atoms with van der Waals surface area (Å²) < 4.78 is 6.74. The molecule has 0 fully saturated rings. The average Bonchev–Trinajstić information content (AvgIpc) is 3.31. The first-order valence-electron chi connectivity index (χ1n) is 8.87. The Kier molecular flexibility index (Phi) is 5.15. The van der Waals surface area contributed by atoms with Gasteiger partial charge in [-0.25, -0.2) is 4.68 Å². The fourth-order valence-corrected chi connectivity index (χ4v) is 2.65. The van der Waals surface area contributed by atoms with Gasteiger partial charge in [-0.1, -0.05) is 0 Å². The van der Waals surface area contributed by atoms with Gasteiger partial charge >= 0.3 is 0 Å². The van der Waals surface area contributed by atoms with Crippen molar-refractivity contribution in [2.24, 2.45) is 0 Å². The number of nitrogens with zero attached hydrogens (tertiary/aromatic N) is 4. The maximum absolute atomic E-state index is 12.3. The average molecular weight is 386 g/mol. The summed E-state index contributed by atoms with van der Waals surface area (Å²) >= 11 is 0. The second-order valence-electron chi connectivity index (χ2n) is 6.11. The van der Waals surface area contributed by atoms with Crippen molar-refractivity contribution in [3.05, 3.63) is 84.7 Å². The molecule has 0 aliphatic heterocycles. The quantitative estimate of drug-likeness (QED) is 0.525. The van der Waals surface area contributed by atoms with E-state index in [4.69, 9.17) is 4.74 Å². The van der Waals surface area contributed by atoms with E-state index in [0.717, 1.165) is 5.69 Å². The molecule has 8 nitrogen and oxygen atoms in total. The van der Waals surface area contributed by atoms with Crippen LogP contribution in [0.1, 0.15) is 10.4 Å². The molecule has 4 rings (SSSR count). The Morgan fingerprint density at radius 1 is 0.931 bits per heavy atom. The number of carbonyl (C=O) groups is 1. The molecule has 0 atom stereocenters. The van der Waals surface area contributed by atoms with Crippen molar-refractivity contribution in [1.29, 1.82) is 0 Å². The Labute approximate surface area is 167 Å². The standard InChI is InChI=1S/C21H18N6O2/c1-29-18-9-3-15(4-10-18)21(28)24-17-7-5-16(6-8-17)23-19-11-12-20(26-25-19)27-14-2-13-22-27/h2-14H,1H3,(H,23,25)(H,24,28). The van der Waals surface area contributed by atoms with Crippen LogP contribution in [0, 0.1) is 0 Å². The van der Waals surface area contributed by atoms with Crippen LogP contribution in [0.15, 0.2) is 79.1 Å². The van der Waals surface area contributed by atoms with Crippen LogP contribution >= 0.6 is 0 Å². The fraction of sp³-hybridized carbons (Fsp3) is 0.0476. The monoisotopic (exact) mass is 386 g/mol. The molecule has 0 spiro atoms. The Morgan fingerprint density at radius 2 is 1.69 bits per heavy atom. The van der Waals surface area contributed by atoms with Gasteiger partial charge in [0.1, 0.15) is 5.75 Å². The van der Waals surface area contributed by atoms with Gasteiger partial charge in [0.05, 0.1) is 7.11 Å². The summed E-state index contributed by atoms with van der Waals surface area (Å²) in [5, 5.41) is 18.4. The molecule has 0 aliphatic rings. The van der Waals surface area contributed by atoms with Crippen molar-refractivity contribution in [3.8, 4) is 11.6 Å². The van der Waals surface area contributed by atoms with Crippen molar-refractivity contribution in [3.63, 3.8) is 0 Å². The lowest BCUT2D eigenvalue weighted by molar-refractivity contribution is 0.102. The Hall–Kier alpha value is -4.20. The Balaban J connectivity index is 1.38. The number of hydrogen-bond acceptors (Lipinski definition) is 6. The fourth-order valence-electron chi connectivity index (χ4n) is 2.65. The highest BCUT2D eigenvalue weighted by Crippen LogP contribution is 2.19. The highest BCUT2D eigenvalue weighted by molar-refractivity contribution is 6.04. The van der Waals surface area contributed by atoms with E-state index in [1.54, 1.807) is 48.5 Å². The molecule has 2 aromatic heterocycles. The van der Waals surface area contributed by atoms with E-state index in [1.165, 1.54) is 0 Å². The van der Waals surface area contributed by atoms with Gasteiger partial charge in [0.25, 0.3) is 5.91 Å². The molecule has 0 aliphatic carbocycles. The number of amides is 1. The van der Waals surface area contributed by atoms with E-state index < -0.39 is 0 Å². The number of ether oxygens (including phenoxy) is 1. The summed E-state index contributed by atoms with van der Waals surface area (Å²) in [5.41, 5.74) is 2.07. The molecule has 29 heavy (non-hydrogen) atoms. The SMILES string of the molecule is COc1ccc(C(=O)Nc2ccc(Nc3ccc(-n4cccn4)nn3)cc2)cc1. The van der Waals surface area contributed by atoms with Crippen LogP contribution in [0.3, 0.4) is 0 Å². The summed E-state index contributed by atoms with van der Waals surface area (Å²) in [7, 11) is 1.59. The molecule has 144 valence electrons. The molecule has 0 unspecified atom stereocenters. The number of aromatic nitrogens is 4. The number of carbonyl (C=O) groups excluding carboxylic acids is 1. The minimum absolute atomic E-state index is 0.187. The highest BCUT2D eigenvalue weighted by atomic mass is 16.5. The van der Waals surface area contributed by atoms with Crippen LogP contribution in [-0.4, -0.2) is 33.0 Å². The van der Waals surface area contributed by atoms with E-state index in [0.29, 0.717) is 28.6 Å². The van der Waals surface area contributed by atoms with Gasteiger partial charge in [-0.15, -0.1) is 10.2 Å². The molecular weight excluding hydrogens is 368 g/mol. The minimum Gasteiger partial charge on any atom is -0.497 e. The third-order valence-electron chi connectivity index (χ3n) is 4.16. The zero-order valence-corrected chi connectivity index (χ0v) is 15.6. The molecule has 8 heteroatoms. The number of hydrogen-bond donors (Lipinski definition) is 2. The molecule has 2 aromatic carbocycles. The minimum atomic E-state index is -0.187. The Bertz CT molecular complexity index is 1080. The molecule has 1 amide bonds. The predicted octanol–water partition coefficient (Wildman–Crippen LogP) is 3.67. The summed E-state index contributed by atoms with van der Waals surface area (Å²) in [6, 6.07) is 19.7. The van der Waals surface area contributed by atoms with E-state index >= 15 is 0 Å². The predicted molar refractivity (Wildman–Crippen MR) is 110 cm³/mol. The van der Waals surface area contributed by atoms with Crippen LogP contribution < -0.4 is 15.4 Å². The summed E-state index contributed by atoms with van der Waals surface area (Å²) in [4.78, 5) is 12.3. The second kappa shape index (κ2) is 8.22. The molecule has 2 heterocycles. The molecule has 4 aromatic rings. The van der Waals surface area contributed by atoms with E-state index in [-0.39, 0.29) is 5.91 Å². The molecule has 0 bridgehead atoms. The normalized spacial score (nSPS) is 10.4. The topological polar surface area (TPSA) is 94.0 Å². The van der Waals surface area contributed by atoms with Crippen LogP contribution in [0.4, 0.5) is 17.2 Å². The largest absolute Gasteiger partial charge is 0.497 e. The highest BCUT2D eigenvalue weighted by Gasteiger charge is 2.07. The van der Waals surface area contributed by atoms with Crippen molar-refractivity contribution in [2.45, 2.75) is 0 Å². The summed E-state index contributed by atoms with van der Waals surface area (Å²) in [6.07, 6.45) is 3.49. The summed E-state index contributed by atoms with van der Waals surface area (Å²) in [6.45, 7) is 0. The maximum Gasteiger partial charge on any atom is 0.255 e. The van der Waals surface area contributed by atoms with Gasteiger partial charge in [-0.3, -0.25) is 4.79 Å². The van der Waals surface area contributed by atoms with Crippen LogP contribution in [0.25, 0.3) is 5.82 Å². The number of nitrogens with one attached hydrogen (secondary N) is 2. The first-order valence-corrected chi connectivity index (χ1v) is 8.87. The smallest absolute Gasteiger partial charge is 0.255 e. The lowest BCUT2D eigenvalue weighted by Gasteiger charge is -2.09. The third kappa shape index (κ3) is 4.38. The number of anilines is 3. The van der Waals surface area contributed by atoms with Crippen molar-refractivity contribution >= 4 is 23.1 Å². The van der Waals surface area contributed by atoms with Gasteiger partial charge in [0.2, 0.25) is 0 Å². The van der Waals surface area contributed by atoms with E-state index in [9.17, 15) is 4.79 Å². The van der Waals surface area contributed by atoms with E-state index in [2.05, 4.69) is 25.9 Å². The number of methoxy groups -OCH3 is 1. The van der Waals surface area contributed by atoms with Crippen LogP contribution in [-0.2, 0) is 0 Å². The zero-order valence-electron chi connectivity index (χ0n) is 15.6. The van der Waals surface area contributed by atoms with Gasteiger partial charge in [-0.2, -0.15) is 5.10 Å². The maximum atomic E-state index is 12.3. The van der Waals surface area contributed by atoms with Gasteiger partial charge in [-0.05, 0) is 66.7 Å². The third-order valence-corrected chi connectivity index (χ3v) is 4.16. The van der Waals surface area contributed by atoms with Crippen molar-refractivity contribution in [2.75, 3.05) is 17.7 Å². The molecule has 0 saturated heterocycles. The van der Waals surface area contributed by atoms with Crippen LogP contribution in [0.5, 0.6) is 5.75 Å². The molecule has 0 saturated carbocycles. The number of benzene rings is 2. The second-order valence-corrected chi connectivity index (χ2v) is 6.11. The summed E-state index contributed by atoms with van der Waals surface area (Å²) in [5.74, 6) is 1.76. The van der Waals surface area contributed by atoms with Crippen molar-refractivity contribution < 1.29 is 9.53 Å². The molecule has 0 radical (unpaired) electrons. The van der Waals surface area contributed by atoms with E-state index in [1.807, 2.05) is 42.5 Å². The van der Waals surface area contributed by atoms with Crippen molar-refractivity contribution in [1.82, 2.24) is 20.0 Å². The number of rotatable bonds is 6. The lowest BCUT2D eigenvalue weighted by atomic mass is 10.2.